The van der Waals surface area contributed by atoms with Crippen molar-refractivity contribution < 1.29 is 4.79 Å². The largest absolute Gasteiger partial charge is 0.319 e. The average Bonchev–Trinajstić information content (AvgIpc) is 2.80. The van der Waals surface area contributed by atoms with Crippen molar-refractivity contribution in [2.75, 3.05) is 18.4 Å². The van der Waals surface area contributed by atoms with Gasteiger partial charge in [-0.05, 0) is 44.0 Å². The summed E-state index contributed by atoms with van der Waals surface area (Å²) in [6, 6.07) is 4.00. The molecule has 3 rings (SSSR count). The predicted molar refractivity (Wildman–Crippen MR) is 89.4 cm³/mol. The molecule has 0 atom stereocenters. The Morgan fingerprint density at radius 2 is 1.95 bits per heavy atom. The Kier molecular flexibility index (Phi) is 4.43. The molecular weight excluding hydrogens is 470 g/mol. The molecule has 0 spiro atoms. The molecule has 2 aromatic rings. The third-order valence-electron chi connectivity index (χ3n) is 3.12. The van der Waals surface area contributed by atoms with Gasteiger partial charge in [0.15, 0.2) is 5.69 Å². The molecule has 0 unspecified atom stereocenters. The van der Waals surface area contributed by atoms with Crippen LogP contribution in [0.3, 0.4) is 0 Å². The van der Waals surface area contributed by atoms with Gasteiger partial charge in [-0.2, -0.15) is 0 Å². The second-order valence-electron chi connectivity index (χ2n) is 4.59. The van der Waals surface area contributed by atoms with Crippen molar-refractivity contribution in [1.29, 1.82) is 0 Å². The molecule has 0 aliphatic carbocycles. The van der Waals surface area contributed by atoms with Crippen LogP contribution in [0.15, 0.2) is 31.7 Å². The Bertz CT molecular complexity index is 675. The zero-order valence-corrected chi connectivity index (χ0v) is 15.4. The van der Waals surface area contributed by atoms with Crippen molar-refractivity contribution >= 4 is 59.4 Å². The summed E-state index contributed by atoms with van der Waals surface area (Å²) in [7, 11) is 0. The van der Waals surface area contributed by atoms with Crippen molar-refractivity contribution in [1.82, 2.24) is 20.3 Å². The fourth-order valence-corrected chi connectivity index (χ4v) is 4.32. The third kappa shape index (κ3) is 3.20. The van der Waals surface area contributed by atoms with Crippen LogP contribution in [0, 0.1) is 0 Å². The first-order valence-corrected chi connectivity index (χ1v) is 8.51. The lowest BCUT2D eigenvalue weighted by atomic mass is 10.2. The van der Waals surface area contributed by atoms with Crippen LogP contribution in [0.1, 0.15) is 16.5 Å². The van der Waals surface area contributed by atoms with E-state index in [1.807, 2.05) is 12.1 Å². The Labute approximate surface area is 146 Å². The number of nitrogens with zero attached hydrogens (tertiary/aromatic N) is 3. The van der Waals surface area contributed by atoms with Gasteiger partial charge in [0.1, 0.15) is 0 Å². The van der Waals surface area contributed by atoms with Crippen molar-refractivity contribution in [2.45, 2.75) is 6.04 Å². The summed E-state index contributed by atoms with van der Waals surface area (Å²) in [5.41, 5.74) is 0.951. The maximum absolute atomic E-state index is 12.2. The zero-order chi connectivity index (χ0) is 15.0. The predicted octanol–water partition coefficient (Wildman–Crippen LogP) is 2.96. The van der Waals surface area contributed by atoms with Gasteiger partial charge >= 0.3 is 0 Å². The monoisotopic (exact) mass is 477 g/mol. The molecule has 1 aromatic heterocycles. The Morgan fingerprint density at radius 3 is 2.52 bits per heavy atom. The molecule has 21 heavy (non-hydrogen) atoms. The molecule has 1 amide bonds. The maximum Gasteiger partial charge on any atom is 0.277 e. The molecule has 0 radical (unpaired) electrons. The number of carbonyl (C=O) groups is 1. The quantitative estimate of drug-likeness (QED) is 0.710. The minimum absolute atomic E-state index is 0.283. The van der Waals surface area contributed by atoms with E-state index in [1.54, 1.807) is 10.9 Å². The van der Waals surface area contributed by atoms with Crippen LogP contribution in [0.2, 0.25) is 0 Å². The van der Waals surface area contributed by atoms with E-state index >= 15 is 0 Å². The molecule has 1 fully saturated rings. The highest BCUT2D eigenvalue weighted by atomic mass is 79.9. The van der Waals surface area contributed by atoms with Crippen molar-refractivity contribution in [2.24, 2.45) is 0 Å². The molecule has 1 aliphatic rings. The molecule has 1 saturated heterocycles. The summed E-state index contributed by atoms with van der Waals surface area (Å²) in [5.74, 6) is -0.294. The Balaban J connectivity index is 1.78. The van der Waals surface area contributed by atoms with E-state index in [1.165, 1.54) is 0 Å². The summed E-state index contributed by atoms with van der Waals surface area (Å²) >= 11 is 10.2. The molecule has 0 saturated carbocycles. The molecule has 1 aliphatic heterocycles. The zero-order valence-electron chi connectivity index (χ0n) is 10.6. The van der Waals surface area contributed by atoms with Crippen LogP contribution in [0.25, 0.3) is 0 Å². The number of halogens is 3. The molecule has 6 nitrogen and oxygen atoms in total. The number of amides is 1. The van der Waals surface area contributed by atoms with Gasteiger partial charge in [-0.25, -0.2) is 4.68 Å². The van der Waals surface area contributed by atoms with Crippen LogP contribution >= 0.6 is 47.8 Å². The fourth-order valence-electron chi connectivity index (χ4n) is 1.86. The average molecular weight is 480 g/mol. The summed E-state index contributed by atoms with van der Waals surface area (Å²) < 4.78 is 4.17. The Hall–Kier alpha value is -0.770. The van der Waals surface area contributed by atoms with Crippen LogP contribution in [-0.2, 0) is 0 Å². The number of aromatic nitrogens is 3. The van der Waals surface area contributed by atoms with Gasteiger partial charge in [-0.3, -0.25) is 4.79 Å². The second kappa shape index (κ2) is 6.15. The minimum atomic E-state index is -0.294. The highest BCUT2D eigenvalue weighted by Gasteiger charge is 2.22. The molecule has 9 heteroatoms. The molecule has 110 valence electrons. The fraction of sp³-hybridized carbons (Fsp3) is 0.250. The first kappa shape index (κ1) is 15.1. The standard InChI is InChI=1S/C12H10Br3N5O/c13-6-1-8(14)11(9(15)2-6)17-12(21)10-5-20(19-18-10)7-3-16-4-7/h1-2,5,7,16H,3-4H2,(H,17,21). The first-order valence-electron chi connectivity index (χ1n) is 6.13. The molecule has 2 heterocycles. The van der Waals surface area contributed by atoms with Crippen LogP contribution in [0.5, 0.6) is 0 Å². The topological polar surface area (TPSA) is 71.8 Å². The lowest BCUT2D eigenvalue weighted by Gasteiger charge is -2.26. The summed E-state index contributed by atoms with van der Waals surface area (Å²) in [6.45, 7) is 1.71. The van der Waals surface area contributed by atoms with Gasteiger partial charge in [0.2, 0.25) is 0 Å². The van der Waals surface area contributed by atoms with E-state index in [2.05, 4.69) is 68.7 Å². The maximum atomic E-state index is 12.2. The Morgan fingerprint density at radius 1 is 1.29 bits per heavy atom. The van der Waals surface area contributed by atoms with Gasteiger partial charge in [-0.1, -0.05) is 21.1 Å². The van der Waals surface area contributed by atoms with E-state index in [0.29, 0.717) is 11.4 Å². The number of anilines is 1. The number of carbonyl (C=O) groups excluding carboxylic acids is 1. The first-order chi connectivity index (χ1) is 10.0. The number of rotatable bonds is 3. The van der Waals surface area contributed by atoms with Crippen LogP contribution in [0.4, 0.5) is 5.69 Å². The van der Waals surface area contributed by atoms with Gasteiger partial charge in [0, 0.05) is 26.5 Å². The van der Waals surface area contributed by atoms with Gasteiger partial charge in [0.05, 0.1) is 17.9 Å². The van der Waals surface area contributed by atoms with Crippen molar-refractivity contribution in [3.05, 3.63) is 37.4 Å². The summed E-state index contributed by atoms with van der Waals surface area (Å²) in [5, 5.41) is 13.9. The van der Waals surface area contributed by atoms with Crippen LogP contribution < -0.4 is 10.6 Å². The lowest BCUT2D eigenvalue weighted by Crippen LogP contribution is -2.43. The highest BCUT2D eigenvalue weighted by Crippen LogP contribution is 2.34. The second-order valence-corrected chi connectivity index (χ2v) is 7.22. The number of nitrogens with one attached hydrogen (secondary N) is 2. The van der Waals surface area contributed by atoms with E-state index in [9.17, 15) is 4.79 Å². The lowest BCUT2D eigenvalue weighted by molar-refractivity contribution is 0.102. The number of hydrogen-bond acceptors (Lipinski definition) is 4. The minimum Gasteiger partial charge on any atom is -0.319 e. The number of benzene rings is 1. The third-order valence-corrected chi connectivity index (χ3v) is 4.83. The van der Waals surface area contributed by atoms with E-state index in [4.69, 9.17) is 0 Å². The molecule has 1 aromatic carbocycles. The summed E-state index contributed by atoms with van der Waals surface area (Å²) in [4.78, 5) is 12.2. The van der Waals surface area contributed by atoms with E-state index < -0.39 is 0 Å². The van der Waals surface area contributed by atoms with Crippen molar-refractivity contribution in [3.8, 4) is 0 Å². The van der Waals surface area contributed by atoms with Gasteiger partial charge in [0.25, 0.3) is 5.91 Å². The van der Waals surface area contributed by atoms with Gasteiger partial charge in [-0.15, -0.1) is 5.10 Å². The molecular formula is C12H10Br3N5O. The van der Waals surface area contributed by atoms with E-state index in [-0.39, 0.29) is 11.9 Å². The number of hydrogen-bond donors (Lipinski definition) is 2. The normalized spacial score (nSPS) is 14.8. The highest BCUT2D eigenvalue weighted by molar-refractivity contribution is 9.11. The molecule has 0 bridgehead atoms. The molecule has 2 N–H and O–H groups in total. The summed E-state index contributed by atoms with van der Waals surface area (Å²) in [6.07, 6.45) is 1.67. The smallest absolute Gasteiger partial charge is 0.277 e. The van der Waals surface area contributed by atoms with Gasteiger partial charge < -0.3 is 10.6 Å². The van der Waals surface area contributed by atoms with E-state index in [0.717, 1.165) is 26.5 Å². The van der Waals surface area contributed by atoms with Crippen LogP contribution in [-0.4, -0.2) is 34.0 Å². The SMILES string of the molecule is O=C(Nc1c(Br)cc(Br)cc1Br)c1cn(C2CNC2)nn1. The van der Waals surface area contributed by atoms with Crippen molar-refractivity contribution in [3.63, 3.8) is 0 Å².